The fourth-order valence-corrected chi connectivity index (χ4v) is 6.19. The zero-order valence-corrected chi connectivity index (χ0v) is 20.1. The SMILES string of the molecule is O=C1CC[C@@H](N2Cc3c(ccc(O[C@@H]4CCCC[C@@H]4N4CC(c5ccccc5)C4)c3F)C2=O)C(=O)N1. The van der Waals surface area contributed by atoms with E-state index in [1.807, 2.05) is 6.07 Å². The number of ether oxygens (including phenoxy) is 1. The standard InChI is InChI=1S/C28H30FN3O4/c29-26-20-16-32(22-11-13-25(33)30-27(22)34)28(35)19(20)10-12-24(26)36-23-9-5-4-8-21(23)31-14-18(15-31)17-6-2-1-3-7-17/h1-3,6-7,10,12,18,21-23H,4-5,8-9,11,13-16H2,(H,30,33,34)/t21-,22+,23+/m0/s1. The van der Waals surface area contributed by atoms with Gasteiger partial charge in [-0.25, -0.2) is 4.39 Å². The maximum absolute atomic E-state index is 15.6. The second-order valence-corrected chi connectivity index (χ2v) is 10.4. The number of fused-ring (bicyclic) bond motifs is 1. The monoisotopic (exact) mass is 491 g/mol. The van der Waals surface area contributed by atoms with Gasteiger partial charge in [0.2, 0.25) is 11.8 Å². The molecule has 1 aliphatic carbocycles. The number of benzene rings is 2. The number of nitrogens with one attached hydrogen (secondary N) is 1. The van der Waals surface area contributed by atoms with Crippen LogP contribution in [0.4, 0.5) is 4.39 Å². The molecule has 188 valence electrons. The van der Waals surface area contributed by atoms with E-state index in [4.69, 9.17) is 4.74 Å². The van der Waals surface area contributed by atoms with Crippen molar-refractivity contribution in [1.29, 1.82) is 0 Å². The van der Waals surface area contributed by atoms with E-state index in [0.717, 1.165) is 38.8 Å². The number of halogens is 1. The summed E-state index contributed by atoms with van der Waals surface area (Å²) in [5, 5.41) is 2.28. The summed E-state index contributed by atoms with van der Waals surface area (Å²) in [4.78, 5) is 40.6. The van der Waals surface area contributed by atoms with Gasteiger partial charge in [0.1, 0.15) is 12.1 Å². The molecule has 0 spiro atoms. The van der Waals surface area contributed by atoms with Crippen molar-refractivity contribution in [3.8, 4) is 5.75 Å². The average molecular weight is 492 g/mol. The second kappa shape index (κ2) is 9.32. The van der Waals surface area contributed by atoms with Crippen LogP contribution < -0.4 is 10.1 Å². The van der Waals surface area contributed by atoms with Crippen molar-refractivity contribution >= 4 is 17.7 Å². The maximum Gasteiger partial charge on any atom is 0.255 e. The van der Waals surface area contributed by atoms with E-state index in [-0.39, 0.29) is 60.2 Å². The molecule has 4 aliphatic rings. The Labute approximate surface area is 209 Å². The molecular formula is C28H30FN3O4. The molecule has 0 unspecified atom stereocenters. The lowest BCUT2D eigenvalue weighted by molar-refractivity contribution is -0.136. The number of imide groups is 1. The first kappa shape index (κ1) is 23.2. The van der Waals surface area contributed by atoms with Gasteiger partial charge in [0.25, 0.3) is 5.91 Å². The van der Waals surface area contributed by atoms with E-state index in [2.05, 4.69) is 34.5 Å². The highest BCUT2D eigenvalue weighted by Gasteiger charge is 2.42. The Morgan fingerprint density at radius 2 is 1.72 bits per heavy atom. The number of carbonyl (C=O) groups excluding carboxylic acids is 3. The number of carbonyl (C=O) groups is 3. The van der Waals surface area contributed by atoms with Crippen molar-refractivity contribution in [2.45, 2.75) is 69.2 Å². The number of hydrogen-bond donors (Lipinski definition) is 1. The van der Waals surface area contributed by atoms with Gasteiger partial charge < -0.3 is 9.64 Å². The zero-order valence-electron chi connectivity index (χ0n) is 20.1. The summed E-state index contributed by atoms with van der Waals surface area (Å²) < 4.78 is 21.9. The summed E-state index contributed by atoms with van der Waals surface area (Å²) in [6.45, 7) is 1.97. The summed E-state index contributed by atoms with van der Waals surface area (Å²) in [5.41, 5.74) is 1.89. The van der Waals surface area contributed by atoms with Crippen molar-refractivity contribution in [2.24, 2.45) is 0 Å². The quantitative estimate of drug-likeness (QED) is 0.649. The molecule has 6 rings (SSSR count). The molecule has 7 nitrogen and oxygen atoms in total. The largest absolute Gasteiger partial charge is 0.486 e. The van der Waals surface area contributed by atoms with Crippen LogP contribution in [0.3, 0.4) is 0 Å². The Morgan fingerprint density at radius 1 is 0.944 bits per heavy atom. The summed E-state index contributed by atoms with van der Waals surface area (Å²) in [7, 11) is 0. The highest BCUT2D eigenvalue weighted by molar-refractivity contribution is 6.05. The Balaban J connectivity index is 1.16. The van der Waals surface area contributed by atoms with Crippen LogP contribution in [0, 0.1) is 5.82 Å². The van der Waals surface area contributed by atoms with Gasteiger partial charge in [-0.3, -0.25) is 24.6 Å². The molecular weight excluding hydrogens is 461 g/mol. The number of amides is 3. The fourth-order valence-electron chi connectivity index (χ4n) is 6.19. The minimum atomic E-state index is -0.766. The minimum absolute atomic E-state index is 0.00243. The van der Waals surface area contributed by atoms with Crippen LogP contribution in [-0.2, 0) is 16.1 Å². The van der Waals surface area contributed by atoms with Crippen LogP contribution in [0.5, 0.6) is 5.75 Å². The summed E-state index contributed by atoms with van der Waals surface area (Å²) in [6.07, 6.45) is 4.39. The molecule has 36 heavy (non-hydrogen) atoms. The van der Waals surface area contributed by atoms with Gasteiger partial charge in [0, 0.05) is 42.6 Å². The van der Waals surface area contributed by atoms with Crippen LogP contribution in [0.1, 0.15) is 65.9 Å². The third-order valence-electron chi connectivity index (χ3n) is 8.21. The number of piperidine rings is 1. The summed E-state index contributed by atoms with van der Waals surface area (Å²) in [5.74, 6) is -1.06. The maximum atomic E-state index is 15.6. The van der Waals surface area contributed by atoms with Gasteiger partial charge in [0.15, 0.2) is 11.6 Å². The zero-order chi connectivity index (χ0) is 24.8. The van der Waals surface area contributed by atoms with E-state index < -0.39 is 17.8 Å². The van der Waals surface area contributed by atoms with Gasteiger partial charge in [0.05, 0.1) is 6.54 Å². The Bertz CT molecular complexity index is 1200. The van der Waals surface area contributed by atoms with Crippen LogP contribution in [0.15, 0.2) is 42.5 Å². The van der Waals surface area contributed by atoms with Crippen molar-refractivity contribution in [1.82, 2.24) is 15.1 Å². The number of hydrogen-bond acceptors (Lipinski definition) is 5. The topological polar surface area (TPSA) is 79.0 Å². The molecule has 0 aromatic heterocycles. The van der Waals surface area contributed by atoms with Gasteiger partial charge in [-0.15, -0.1) is 0 Å². The third kappa shape index (κ3) is 4.07. The van der Waals surface area contributed by atoms with Crippen LogP contribution >= 0.6 is 0 Å². The van der Waals surface area contributed by atoms with Crippen LogP contribution in [0.2, 0.25) is 0 Å². The van der Waals surface area contributed by atoms with Crippen molar-refractivity contribution in [3.05, 3.63) is 65.0 Å². The number of likely N-dealkylation sites (tertiary alicyclic amines) is 1. The predicted molar refractivity (Wildman–Crippen MR) is 130 cm³/mol. The van der Waals surface area contributed by atoms with Crippen LogP contribution in [0.25, 0.3) is 0 Å². The van der Waals surface area contributed by atoms with E-state index in [0.29, 0.717) is 5.92 Å². The Kier molecular flexibility index (Phi) is 5.99. The molecule has 1 N–H and O–H groups in total. The van der Waals surface area contributed by atoms with E-state index >= 15 is 4.39 Å². The molecule has 3 fully saturated rings. The van der Waals surface area contributed by atoms with Crippen molar-refractivity contribution < 1.29 is 23.5 Å². The highest BCUT2D eigenvalue weighted by Crippen LogP contribution is 2.38. The van der Waals surface area contributed by atoms with Crippen molar-refractivity contribution in [3.63, 3.8) is 0 Å². The lowest BCUT2D eigenvalue weighted by atomic mass is 9.84. The number of rotatable bonds is 5. The first-order chi connectivity index (χ1) is 17.5. The molecule has 2 aromatic carbocycles. The molecule has 2 aromatic rings. The van der Waals surface area contributed by atoms with E-state index in [1.54, 1.807) is 12.1 Å². The van der Waals surface area contributed by atoms with Gasteiger partial charge in [-0.1, -0.05) is 36.8 Å². The molecule has 3 aliphatic heterocycles. The van der Waals surface area contributed by atoms with Crippen LogP contribution in [-0.4, -0.2) is 58.8 Å². The normalized spacial score (nSPS) is 27.0. The summed E-state index contributed by atoms with van der Waals surface area (Å²) >= 11 is 0. The molecule has 3 amide bonds. The molecule has 0 radical (unpaired) electrons. The lowest BCUT2D eigenvalue weighted by Crippen LogP contribution is -2.57. The van der Waals surface area contributed by atoms with Crippen molar-refractivity contribution in [2.75, 3.05) is 13.1 Å². The number of nitrogens with zero attached hydrogens (tertiary/aromatic N) is 2. The molecule has 3 atom stereocenters. The first-order valence-corrected chi connectivity index (χ1v) is 12.9. The molecule has 1 saturated carbocycles. The van der Waals surface area contributed by atoms with Gasteiger partial charge in [-0.2, -0.15) is 0 Å². The Hall–Kier alpha value is -3.26. The van der Waals surface area contributed by atoms with Gasteiger partial charge in [-0.05, 0) is 43.4 Å². The molecule has 2 saturated heterocycles. The predicted octanol–water partition coefficient (Wildman–Crippen LogP) is 3.38. The first-order valence-electron chi connectivity index (χ1n) is 12.9. The Morgan fingerprint density at radius 3 is 2.50 bits per heavy atom. The third-order valence-corrected chi connectivity index (χ3v) is 8.21. The highest BCUT2D eigenvalue weighted by atomic mass is 19.1. The smallest absolute Gasteiger partial charge is 0.255 e. The fraction of sp³-hybridized carbons (Fsp3) is 0.464. The van der Waals surface area contributed by atoms with E-state index in [9.17, 15) is 14.4 Å². The van der Waals surface area contributed by atoms with Gasteiger partial charge >= 0.3 is 0 Å². The van der Waals surface area contributed by atoms with E-state index in [1.165, 1.54) is 10.5 Å². The molecule has 8 heteroatoms. The molecule has 3 heterocycles. The minimum Gasteiger partial charge on any atom is -0.486 e. The molecule has 0 bridgehead atoms. The lowest BCUT2D eigenvalue weighted by Gasteiger charge is -2.48. The average Bonchev–Trinajstić information content (AvgIpc) is 3.18. The second-order valence-electron chi connectivity index (χ2n) is 10.4. The summed E-state index contributed by atoms with van der Waals surface area (Å²) in [6, 6.07) is 13.2.